The van der Waals surface area contributed by atoms with Gasteiger partial charge >= 0.3 is 0 Å². The first-order valence-corrected chi connectivity index (χ1v) is 7.59. The Kier molecular flexibility index (Phi) is 3.31. The topological polar surface area (TPSA) is 58.3 Å². The van der Waals surface area contributed by atoms with Crippen LogP contribution in [0.3, 0.4) is 0 Å². The number of hydrogen-bond acceptors (Lipinski definition) is 6. The van der Waals surface area contributed by atoms with Crippen molar-refractivity contribution in [3.05, 3.63) is 35.9 Å². The van der Waals surface area contributed by atoms with E-state index in [0.717, 1.165) is 50.0 Å². The van der Waals surface area contributed by atoms with Crippen molar-refractivity contribution in [1.29, 1.82) is 0 Å². The SMILES string of the molecule is c1cnnc(N2CCN(Cc3cc(C4CC4)on3)CC2)c1. The van der Waals surface area contributed by atoms with Crippen molar-refractivity contribution < 1.29 is 4.52 Å². The van der Waals surface area contributed by atoms with Gasteiger partial charge in [0, 0.05) is 50.9 Å². The van der Waals surface area contributed by atoms with E-state index in [2.05, 4.69) is 31.2 Å². The van der Waals surface area contributed by atoms with E-state index < -0.39 is 0 Å². The zero-order valence-corrected chi connectivity index (χ0v) is 12.0. The van der Waals surface area contributed by atoms with Crippen molar-refractivity contribution in [2.24, 2.45) is 0 Å². The predicted octanol–water partition coefficient (Wildman–Crippen LogP) is 1.66. The summed E-state index contributed by atoms with van der Waals surface area (Å²) < 4.78 is 5.42. The Balaban J connectivity index is 1.32. The van der Waals surface area contributed by atoms with Crippen molar-refractivity contribution in [1.82, 2.24) is 20.3 Å². The highest BCUT2D eigenvalue weighted by molar-refractivity contribution is 5.36. The summed E-state index contributed by atoms with van der Waals surface area (Å²) in [6.45, 7) is 4.87. The molecule has 0 atom stereocenters. The molecule has 0 N–H and O–H groups in total. The highest BCUT2D eigenvalue weighted by Gasteiger charge is 2.28. The van der Waals surface area contributed by atoms with Crippen LogP contribution in [0, 0.1) is 0 Å². The first kappa shape index (κ1) is 12.8. The summed E-state index contributed by atoms with van der Waals surface area (Å²) in [5, 5.41) is 12.3. The summed E-state index contributed by atoms with van der Waals surface area (Å²) in [6.07, 6.45) is 4.22. The van der Waals surface area contributed by atoms with E-state index in [9.17, 15) is 0 Å². The number of anilines is 1. The van der Waals surface area contributed by atoms with E-state index in [1.807, 2.05) is 12.1 Å². The predicted molar refractivity (Wildman–Crippen MR) is 78.0 cm³/mol. The lowest BCUT2D eigenvalue weighted by molar-refractivity contribution is 0.241. The van der Waals surface area contributed by atoms with Crippen LogP contribution < -0.4 is 4.90 Å². The molecular formula is C15H19N5O. The molecule has 1 saturated carbocycles. The maximum atomic E-state index is 5.42. The monoisotopic (exact) mass is 285 g/mol. The fourth-order valence-corrected chi connectivity index (χ4v) is 2.79. The lowest BCUT2D eigenvalue weighted by Crippen LogP contribution is -2.46. The number of hydrogen-bond donors (Lipinski definition) is 0. The lowest BCUT2D eigenvalue weighted by atomic mass is 10.2. The van der Waals surface area contributed by atoms with Gasteiger partial charge in [-0.25, -0.2) is 0 Å². The van der Waals surface area contributed by atoms with Crippen LogP contribution in [0.2, 0.25) is 0 Å². The van der Waals surface area contributed by atoms with Crippen molar-refractivity contribution in [2.75, 3.05) is 31.1 Å². The Morgan fingerprint density at radius 3 is 2.76 bits per heavy atom. The molecule has 1 aliphatic carbocycles. The average molecular weight is 285 g/mol. The molecule has 2 fully saturated rings. The molecule has 0 spiro atoms. The van der Waals surface area contributed by atoms with Crippen LogP contribution in [-0.2, 0) is 6.54 Å². The highest BCUT2D eigenvalue weighted by Crippen LogP contribution is 2.40. The molecule has 0 unspecified atom stereocenters. The summed E-state index contributed by atoms with van der Waals surface area (Å²) >= 11 is 0. The van der Waals surface area contributed by atoms with Crippen LogP contribution in [0.1, 0.15) is 30.2 Å². The maximum absolute atomic E-state index is 5.42. The third-order valence-corrected chi connectivity index (χ3v) is 4.20. The first-order chi connectivity index (χ1) is 10.4. The summed E-state index contributed by atoms with van der Waals surface area (Å²) in [5.41, 5.74) is 1.06. The van der Waals surface area contributed by atoms with Gasteiger partial charge < -0.3 is 9.42 Å². The third kappa shape index (κ3) is 2.90. The zero-order chi connectivity index (χ0) is 14.1. The van der Waals surface area contributed by atoms with E-state index >= 15 is 0 Å². The molecule has 2 aromatic heterocycles. The molecule has 21 heavy (non-hydrogen) atoms. The lowest BCUT2D eigenvalue weighted by Gasteiger charge is -2.34. The first-order valence-electron chi connectivity index (χ1n) is 7.59. The smallest absolute Gasteiger partial charge is 0.151 e. The molecule has 2 aliphatic rings. The molecule has 2 aromatic rings. The molecule has 1 aliphatic heterocycles. The van der Waals surface area contributed by atoms with Crippen LogP contribution in [0.15, 0.2) is 28.9 Å². The van der Waals surface area contributed by atoms with Crippen LogP contribution in [0.5, 0.6) is 0 Å². The third-order valence-electron chi connectivity index (χ3n) is 4.20. The molecule has 1 saturated heterocycles. The largest absolute Gasteiger partial charge is 0.361 e. The minimum absolute atomic E-state index is 0.639. The average Bonchev–Trinajstić information content (AvgIpc) is 3.29. The molecule has 3 heterocycles. The maximum Gasteiger partial charge on any atom is 0.151 e. The molecule has 110 valence electrons. The second kappa shape index (κ2) is 5.44. The fraction of sp³-hybridized carbons (Fsp3) is 0.533. The Morgan fingerprint density at radius 2 is 2.05 bits per heavy atom. The molecular weight excluding hydrogens is 266 g/mol. The van der Waals surface area contributed by atoms with Crippen LogP contribution in [-0.4, -0.2) is 46.4 Å². The molecule has 6 nitrogen and oxygen atoms in total. The van der Waals surface area contributed by atoms with Crippen LogP contribution in [0.4, 0.5) is 5.82 Å². The van der Waals surface area contributed by atoms with Crippen molar-refractivity contribution in [3.8, 4) is 0 Å². The highest BCUT2D eigenvalue weighted by atomic mass is 16.5. The van der Waals surface area contributed by atoms with Gasteiger partial charge in [0.25, 0.3) is 0 Å². The molecule has 0 aromatic carbocycles. The molecule has 0 bridgehead atoms. The van der Waals surface area contributed by atoms with Crippen molar-refractivity contribution in [3.63, 3.8) is 0 Å². The van der Waals surface area contributed by atoms with E-state index in [1.165, 1.54) is 12.8 Å². The molecule has 0 amide bonds. The van der Waals surface area contributed by atoms with Gasteiger partial charge in [-0.3, -0.25) is 4.90 Å². The minimum Gasteiger partial charge on any atom is -0.361 e. The minimum atomic E-state index is 0.639. The van der Waals surface area contributed by atoms with Gasteiger partial charge in [0.05, 0.1) is 5.69 Å². The number of piperazine rings is 1. The fourth-order valence-electron chi connectivity index (χ4n) is 2.79. The standard InChI is InChI=1S/C15H19N5O/c1-2-15(17-16-5-1)20-8-6-19(7-9-20)11-13-10-14(21-18-13)12-3-4-12/h1-2,5,10,12H,3-4,6-9,11H2. The zero-order valence-electron chi connectivity index (χ0n) is 12.0. The summed E-state index contributed by atoms with van der Waals surface area (Å²) in [7, 11) is 0. The van der Waals surface area contributed by atoms with Gasteiger partial charge in [-0.2, -0.15) is 5.10 Å². The molecule has 0 radical (unpaired) electrons. The van der Waals surface area contributed by atoms with Gasteiger partial charge in [0.15, 0.2) is 5.82 Å². The van der Waals surface area contributed by atoms with Crippen molar-refractivity contribution in [2.45, 2.75) is 25.3 Å². The normalized spacial score (nSPS) is 19.9. The Bertz CT molecular complexity index is 587. The summed E-state index contributed by atoms with van der Waals surface area (Å²) in [4.78, 5) is 4.70. The Morgan fingerprint density at radius 1 is 1.19 bits per heavy atom. The van der Waals surface area contributed by atoms with E-state index in [0.29, 0.717) is 5.92 Å². The van der Waals surface area contributed by atoms with Gasteiger partial charge in [-0.15, -0.1) is 5.10 Å². The van der Waals surface area contributed by atoms with Crippen LogP contribution >= 0.6 is 0 Å². The van der Waals surface area contributed by atoms with E-state index in [4.69, 9.17) is 4.52 Å². The van der Waals surface area contributed by atoms with E-state index in [-0.39, 0.29) is 0 Å². The van der Waals surface area contributed by atoms with Crippen molar-refractivity contribution >= 4 is 5.82 Å². The summed E-state index contributed by atoms with van der Waals surface area (Å²) in [5.74, 6) is 2.68. The van der Waals surface area contributed by atoms with E-state index in [1.54, 1.807) is 6.20 Å². The number of nitrogens with zero attached hydrogens (tertiary/aromatic N) is 5. The number of rotatable bonds is 4. The molecule has 6 heteroatoms. The number of aromatic nitrogens is 3. The van der Waals surface area contributed by atoms with Gasteiger partial charge in [-0.1, -0.05) is 5.16 Å². The van der Waals surface area contributed by atoms with Gasteiger partial charge in [-0.05, 0) is 25.0 Å². The quantitative estimate of drug-likeness (QED) is 0.851. The Hall–Kier alpha value is -1.95. The second-order valence-electron chi connectivity index (χ2n) is 5.84. The Labute approximate surface area is 123 Å². The summed E-state index contributed by atoms with van der Waals surface area (Å²) in [6, 6.07) is 6.08. The second-order valence-corrected chi connectivity index (χ2v) is 5.84. The van der Waals surface area contributed by atoms with Crippen LogP contribution in [0.25, 0.3) is 0 Å². The van der Waals surface area contributed by atoms with Gasteiger partial charge in [0.2, 0.25) is 0 Å². The molecule has 4 rings (SSSR count). The van der Waals surface area contributed by atoms with Gasteiger partial charge in [0.1, 0.15) is 5.76 Å².